The van der Waals surface area contributed by atoms with Gasteiger partial charge in [-0.3, -0.25) is 0 Å². The number of rotatable bonds is 2. The van der Waals surface area contributed by atoms with Gasteiger partial charge in [0.2, 0.25) is 0 Å². The van der Waals surface area contributed by atoms with Crippen LogP contribution in [0.25, 0.3) is 0 Å². The van der Waals surface area contributed by atoms with Gasteiger partial charge in [-0.1, -0.05) is 25.9 Å². The lowest BCUT2D eigenvalue weighted by Gasteiger charge is -2.55. The molecule has 0 saturated heterocycles. The molecule has 2 fully saturated rings. The molecule has 0 N–H and O–H groups in total. The summed E-state index contributed by atoms with van der Waals surface area (Å²) in [6.45, 7) is 7.49. The average Bonchev–Trinajstić information content (AvgIpc) is 2.25. The minimum Gasteiger partial charge on any atom is -0.151 e. The molecule has 0 amide bonds. The SMILES string of the molecule is CC1CC(C)C2(C1)CC(C)(CN=O)C2. The summed E-state index contributed by atoms with van der Waals surface area (Å²) in [6, 6.07) is 0. The molecular formula is C12H21NO. The molecular weight excluding hydrogens is 174 g/mol. The van der Waals surface area contributed by atoms with Crippen molar-refractivity contribution in [3.8, 4) is 0 Å². The largest absolute Gasteiger partial charge is 0.151 e. The maximum Gasteiger partial charge on any atom is 0.0865 e. The van der Waals surface area contributed by atoms with E-state index >= 15 is 0 Å². The van der Waals surface area contributed by atoms with Crippen LogP contribution in [0.4, 0.5) is 0 Å². The molecule has 0 aliphatic heterocycles. The van der Waals surface area contributed by atoms with Crippen LogP contribution in [0, 0.1) is 27.6 Å². The summed E-state index contributed by atoms with van der Waals surface area (Å²) in [7, 11) is 0. The predicted molar refractivity (Wildman–Crippen MR) is 58.0 cm³/mol. The molecule has 0 aromatic carbocycles. The van der Waals surface area contributed by atoms with Gasteiger partial charge in [-0.2, -0.15) is 4.91 Å². The van der Waals surface area contributed by atoms with E-state index in [0.29, 0.717) is 12.0 Å². The first-order chi connectivity index (χ1) is 6.50. The summed E-state index contributed by atoms with van der Waals surface area (Å²) in [6.07, 6.45) is 5.22. The van der Waals surface area contributed by atoms with Crippen LogP contribution >= 0.6 is 0 Å². The van der Waals surface area contributed by atoms with Crippen molar-refractivity contribution in [1.29, 1.82) is 0 Å². The second-order valence-corrected chi connectivity index (χ2v) is 6.26. The van der Waals surface area contributed by atoms with E-state index in [1.54, 1.807) is 0 Å². The van der Waals surface area contributed by atoms with Crippen LogP contribution < -0.4 is 0 Å². The molecule has 0 aromatic heterocycles. The molecule has 2 rings (SSSR count). The van der Waals surface area contributed by atoms with Crippen molar-refractivity contribution in [3.63, 3.8) is 0 Å². The molecule has 2 saturated carbocycles. The maximum absolute atomic E-state index is 10.3. The van der Waals surface area contributed by atoms with E-state index in [2.05, 4.69) is 25.9 Å². The van der Waals surface area contributed by atoms with E-state index in [1.807, 2.05) is 0 Å². The zero-order chi connectivity index (χ0) is 10.4. The van der Waals surface area contributed by atoms with Crippen LogP contribution in [0.5, 0.6) is 0 Å². The van der Waals surface area contributed by atoms with E-state index in [4.69, 9.17) is 0 Å². The van der Waals surface area contributed by atoms with Crippen LogP contribution in [0.2, 0.25) is 0 Å². The van der Waals surface area contributed by atoms with Gasteiger partial charge in [0.1, 0.15) is 0 Å². The van der Waals surface area contributed by atoms with Crippen molar-refractivity contribution in [1.82, 2.24) is 0 Å². The lowest BCUT2D eigenvalue weighted by molar-refractivity contribution is -0.0467. The number of hydrogen-bond acceptors (Lipinski definition) is 2. The molecule has 1 spiro atoms. The summed E-state index contributed by atoms with van der Waals surface area (Å²) < 4.78 is 0. The molecule has 0 radical (unpaired) electrons. The summed E-state index contributed by atoms with van der Waals surface area (Å²) in [5.74, 6) is 1.75. The van der Waals surface area contributed by atoms with Gasteiger partial charge in [0.15, 0.2) is 0 Å². The van der Waals surface area contributed by atoms with Gasteiger partial charge >= 0.3 is 0 Å². The first-order valence-electron chi connectivity index (χ1n) is 5.79. The van der Waals surface area contributed by atoms with Gasteiger partial charge in [-0.05, 0) is 48.3 Å². The Bertz CT molecular complexity index is 243. The number of nitrogens with zero attached hydrogens (tertiary/aromatic N) is 1. The van der Waals surface area contributed by atoms with Crippen LogP contribution in [0.3, 0.4) is 0 Å². The van der Waals surface area contributed by atoms with Crippen LogP contribution in [-0.2, 0) is 0 Å². The monoisotopic (exact) mass is 195 g/mol. The van der Waals surface area contributed by atoms with Crippen molar-refractivity contribution >= 4 is 0 Å². The summed E-state index contributed by atoms with van der Waals surface area (Å²) in [5.41, 5.74) is 0.818. The Labute approximate surface area is 86.4 Å². The second kappa shape index (κ2) is 3.04. The molecule has 2 atom stereocenters. The minimum atomic E-state index is 0.236. The lowest BCUT2D eigenvalue weighted by Crippen LogP contribution is -2.48. The maximum atomic E-state index is 10.3. The van der Waals surface area contributed by atoms with Crippen molar-refractivity contribution < 1.29 is 0 Å². The highest BCUT2D eigenvalue weighted by atomic mass is 16.3. The Balaban J connectivity index is 2.00. The molecule has 2 aliphatic rings. The Morgan fingerprint density at radius 2 is 2.00 bits per heavy atom. The van der Waals surface area contributed by atoms with E-state index in [-0.39, 0.29) is 5.41 Å². The van der Waals surface area contributed by atoms with Crippen molar-refractivity contribution in [3.05, 3.63) is 4.91 Å². The molecule has 14 heavy (non-hydrogen) atoms. The third kappa shape index (κ3) is 1.39. The fraction of sp³-hybridized carbons (Fsp3) is 1.00. The highest BCUT2D eigenvalue weighted by Crippen LogP contribution is 2.65. The topological polar surface area (TPSA) is 29.4 Å². The summed E-state index contributed by atoms with van der Waals surface area (Å²) in [4.78, 5) is 10.3. The summed E-state index contributed by atoms with van der Waals surface area (Å²) >= 11 is 0. The molecule has 2 unspecified atom stereocenters. The van der Waals surface area contributed by atoms with E-state index in [0.717, 1.165) is 11.8 Å². The highest BCUT2D eigenvalue weighted by molar-refractivity contribution is 5.07. The lowest BCUT2D eigenvalue weighted by atomic mass is 9.50. The fourth-order valence-electron chi connectivity index (χ4n) is 4.24. The van der Waals surface area contributed by atoms with E-state index in [9.17, 15) is 4.91 Å². The van der Waals surface area contributed by atoms with Crippen molar-refractivity contribution in [2.75, 3.05) is 6.54 Å². The number of nitroso groups, excluding NO2 is 1. The predicted octanol–water partition coefficient (Wildman–Crippen LogP) is 3.61. The van der Waals surface area contributed by atoms with Crippen LogP contribution in [-0.4, -0.2) is 6.54 Å². The van der Waals surface area contributed by atoms with Crippen LogP contribution in [0.1, 0.15) is 46.5 Å². The van der Waals surface area contributed by atoms with Gasteiger partial charge < -0.3 is 0 Å². The van der Waals surface area contributed by atoms with Gasteiger partial charge in [0, 0.05) is 0 Å². The second-order valence-electron chi connectivity index (χ2n) is 6.26. The molecule has 0 bridgehead atoms. The fourth-order valence-corrected chi connectivity index (χ4v) is 4.24. The normalized spacial score (nSPS) is 51.9. The molecule has 0 aromatic rings. The zero-order valence-electron chi connectivity index (χ0n) is 9.55. The first-order valence-corrected chi connectivity index (χ1v) is 5.79. The average molecular weight is 195 g/mol. The smallest absolute Gasteiger partial charge is 0.0865 e. The standard InChI is InChI=1S/C12H21NO/c1-9-4-10(2)12(5-9)6-11(3,7-12)8-13-14/h9-10H,4-8H2,1-3H3. The molecule has 2 aliphatic carbocycles. The third-order valence-corrected chi connectivity index (χ3v) is 4.56. The van der Waals surface area contributed by atoms with Gasteiger partial charge in [0.25, 0.3) is 0 Å². The van der Waals surface area contributed by atoms with E-state index in [1.165, 1.54) is 25.7 Å². The Kier molecular flexibility index (Phi) is 2.20. The van der Waals surface area contributed by atoms with Gasteiger partial charge in [-0.15, -0.1) is 0 Å². The summed E-state index contributed by atoms with van der Waals surface area (Å²) in [5, 5.41) is 3.08. The first kappa shape index (κ1) is 10.1. The molecule has 0 heterocycles. The van der Waals surface area contributed by atoms with E-state index < -0.39 is 0 Å². The Morgan fingerprint density at radius 3 is 2.43 bits per heavy atom. The quantitative estimate of drug-likeness (QED) is 0.619. The number of hydrogen-bond donors (Lipinski definition) is 0. The van der Waals surface area contributed by atoms with Crippen molar-refractivity contribution in [2.24, 2.45) is 27.8 Å². The third-order valence-electron chi connectivity index (χ3n) is 4.56. The Hall–Kier alpha value is -0.400. The molecule has 2 heteroatoms. The molecule has 2 nitrogen and oxygen atoms in total. The zero-order valence-corrected chi connectivity index (χ0v) is 9.55. The minimum absolute atomic E-state index is 0.236. The highest BCUT2D eigenvalue weighted by Gasteiger charge is 2.57. The van der Waals surface area contributed by atoms with Gasteiger partial charge in [-0.25, -0.2) is 0 Å². The van der Waals surface area contributed by atoms with Gasteiger partial charge in [0.05, 0.1) is 6.54 Å². The Morgan fingerprint density at radius 1 is 1.36 bits per heavy atom. The molecule has 80 valence electrons. The van der Waals surface area contributed by atoms with Crippen LogP contribution in [0.15, 0.2) is 5.18 Å². The van der Waals surface area contributed by atoms with Crippen molar-refractivity contribution in [2.45, 2.75) is 46.5 Å².